The SMILES string of the molecule is [2H]C([2H])([2H])c1ccc(-c2cnc3oc4c(-c5nc6ccccc6n5C(C)C)[c-]ccc4c3c2)cc1.[2H]C([2H])([2H])c1nc(-c2[c-]cccc2)ccc1[Si](C)(C)C.[Ir]. The molecule has 4 heterocycles. The van der Waals surface area contributed by atoms with Gasteiger partial charge in [-0.3, -0.25) is 4.98 Å². The van der Waals surface area contributed by atoms with Gasteiger partial charge in [0.05, 0.1) is 30.5 Å². The number of para-hydroxylation sites is 2. The van der Waals surface area contributed by atoms with Crippen LogP contribution in [0.4, 0.5) is 0 Å². The van der Waals surface area contributed by atoms with Gasteiger partial charge < -0.3 is 14.0 Å². The van der Waals surface area contributed by atoms with Gasteiger partial charge in [-0.1, -0.05) is 84.7 Å². The van der Waals surface area contributed by atoms with Crippen LogP contribution in [0.25, 0.3) is 66.9 Å². The molecule has 8 rings (SSSR count). The molecule has 4 aromatic heterocycles. The Hall–Kier alpha value is -4.68. The van der Waals surface area contributed by atoms with Gasteiger partial charge in [0.15, 0.2) is 0 Å². The Bertz CT molecular complexity index is 2650. The predicted octanol–water partition coefficient (Wildman–Crippen LogP) is 10.8. The Morgan fingerprint density at radius 1 is 0.800 bits per heavy atom. The summed E-state index contributed by atoms with van der Waals surface area (Å²) >= 11 is 0. The summed E-state index contributed by atoms with van der Waals surface area (Å²) in [5.74, 6) is 0.811. The standard InChI is InChI=1S/C28H22N3O.C15H18NSi.Ir/c1-17(2)31-25-10-5-4-9-24(25)30-27(31)22-8-6-7-21-23-15-20(16-29-28(23)32-26(21)22)19-13-11-18(3)12-14-19;1-12-15(17(2,3)4)11-10-14(16-12)13-8-6-5-7-9-13;/h4-7,9-17H,1-3H3;5-8,10-11H,1-4H3;/q2*-1;/i3D3;1D3;. The Balaban J connectivity index is 0.000000217. The first kappa shape index (κ1) is 28.1. The van der Waals surface area contributed by atoms with Gasteiger partial charge in [0.2, 0.25) is 5.71 Å². The van der Waals surface area contributed by atoms with E-state index in [2.05, 4.69) is 66.2 Å². The Morgan fingerprint density at radius 3 is 2.32 bits per heavy atom. The topological polar surface area (TPSA) is 56.7 Å². The minimum atomic E-state index is -2.18. The monoisotopic (exact) mass is 855 g/mol. The third-order valence-corrected chi connectivity index (χ3v) is 10.6. The van der Waals surface area contributed by atoms with Crippen LogP contribution in [-0.2, 0) is 20.1 Å². The van der Waals surface area contributed by atoms with Crippen molar-refractivity contribution < 1.29 is 32.7 Å². The van der Waals surface area contributed by atoms with Crippen LogP contribution >= 0.6 is 0 Å². The van der Waals surface area contributed by atoms with Crippen molar-refractivity contribution in [2.75, 3.05) is 0 Å². The zero-order valence-corrected chi connectivity index (χ0v) is 31.9. The number of fused-ring (bicyclic) bond motifs is 4. The van der Waals surface area contributed by atoms with Crippen LogP contribution in [0.3, 0.4) is 0 Å². The first-order valence-corrected chi connectivity index (χ1v) is 19.8. The maximum Gasteiger partial charge on any atom is 0.216 e. The molecular weight excluding hydrogens is 809 g/mol. The number of aromatic nitrogens is 4. The maximum absolute atomic E-state index is 7.74. The molecule has 1 radical (unpaired) electrons. The van der Waals surface area contributed by atoms with E-state index in [1.54, 1.807) is 24.4 Å². The van der Waals surface area contributed by atoms with Crippen molar-refractivity contribution in [1.29, 1.82) is 0 Å². The molecule has 0 aliphatic heterocycles. The molecule has 7 heteroatoms. The quantitative estimate of drug-likeness (QED) is 0.128. The van der Waals surface area contributed by atoms with Crippen molar-refractivity contribution in [2.45, 2.75) is 53.2 Å². The summed E-state index contributed by atoms with van der Waals surface area (Å²) in [6, 6.07) is 38.9. The van der Waals surface area contributed by atoms with Crippen molar-refractivity contribution in [3.05, 3.63) is 133 Å². The molecule has 0 fully saturated rings. The summed E-state index contributed by atoms with van der Waals surface area (Å²) in [4.78, 5) is 13.9. The first-order valence-electron chi connectivity index (χ1n) is 19.3. The number of furan rings is 1. The maximum atomic E-state index is 7.74. The fraction of sp³-hybridized carbons (Fsp3) is 0.186. The van der Waals surface area contributed by atoms with Gasteiger partial charge in [0.1, 0.15) is 0 Å². The molecule has 0 atom stereocenters. The van der Waals surface area contributed by atoms with E-state index < -0.39 is 21.8 Å². The molecular formula is C43H40IrN4OSi-2. The molecule has 0 saturated heterocycles. The smallest absolute Gasteiger partial charge is 0.216 e. The number of nitrogens with zero attached hydrogens (tertiary/aromatic N) is 4. The van der Waals surface area contributed by atoms with Crippen molar-refractivity contribution >= 4 is 46.4 Å². The van der Waals surface area contributed by atoms with Gasteiger partial charge in [0.25, 0.3) is 0 Å². The number of hydrogen-bond acceptors (Lipinski definition) is 4. The van der Waals surface area contributed by atoms with Gasteiger partial charge >= 0.3 is 0 Å². The van der Waals surface area contributed by atoms with E-state index >= 15 is 0 Å². The molecule has 0 aliphatic rings. The zero-order valence-electron chi connectivity index (χ0n) is 34.5. The zero-order chi connectivity index (χ0) is 39.3. The fourth-order valence-corrected chi connectivity index (χ4v) is 7.47. The van der Waals surface area contributed by atoms with Crippen LogP contribution in [0.2, 0.25) is 19.6 Å². The number of imidazole rings is 1. The van der Waals surface area contributed by atoms with Crippen molar-refractivity contribution in [1.82, 2.24) is 19.5 Å². The minimum absolute atomic E-state index is 0. The van der Waals surface area contributed by atoms with Crippen molar-refractivity contribution in [3.8, 4) is 33.8 Å². The van der Waals surface area contributed by atoms with E-state index in [0.717, 1.165) is 55.1 Å². The largest absolute Gasteiger partial charge is 0.486 e. The van der Waals surface area contributed by atoms with Crippen LogP contribution in [0.1, 0.15) is 39.4 Å². The second-order valence-corrected chi connectivity index (χ2v) is 18.4. The summed E-state index contributed by atoms with van der Waals surface area (Å²) in [5, 5.41) is 2.72. The van der Waals surface area contributed by atoms with Gasteiger partial charge in [-0.05, 0) is 62.2 Å². The van der Waals surface area contributed by atoms with E-state index in [-0.39, 0.29) is 31.8 Å². The van der Waals surface area contributed by atoms with Gasteiger partial charge in [-0.25, -0.2) is 4.98 Å². The van der Waals surface area contributed by atoms with E-state index in [4.69, 9.17) is 17.6 Å². The third-order valence-electron chi connectivity index (χ3n) is 8.53. The summed E-state index contributed by atoms with van der Waals surface area (Å²) in [7, 11) is -1.74. The number of benzene rings is 4. The molecule has 253 valence electrons. The summed E-state index contributed by atoms with van der Waals surface area (Å²) in [6.07, 6.45) is 1.75. The second-order valence-electron chi connectivity index (χ2n) is 13.4. The number of rotatable bonds is 5. The van der Waals surface area contributed by atoms with Gasteiger partial charge in [-0.15, -0.1) is 54.1 Å². The molecule has 50 heavy (non-hydrogen) atoms. The van der Waals surface area contributed by atoms with Crippen molar-refractivity contribution in [3.63, 3.8) is 0 Å². The van der Waals surface area contributed by atoms with E-state index in [1.807, 2.05) is 78.9 Å². The Labute approximate surface area is 317 Å². The Morgan fingerprint density at radius 2 is 1.60 bits per heavy atom. The molecule has 4 aromatic carbocycles. The van der Waals surface area contributed by atoms with Crippen LogP contribution < -0.4 is 5.19 Å². The minimum Gasteiger partial charge on any atom is -0.486 e. The predicted molar refractivity (Wildman–Crippen MR) is 206 cm³/mol. The van der Waals surface area contributed by atoms with Crippen LogP contribution in [0, 0.1) is 25.8 Å². The normalized spacial score (nSPS) is 13.8. The average Bonchev–Trinajstić information content (AvgIpc) is 3.73. The number of hydrogen-bond donors (Lipinski definition) is 0. The van der Waals surface area contributed by atoms with E-state index in [0.29, 0.717) is 22.6 Å². The van der Waals surface area contributed by atoms with Crippen LogP contribution in [0.5, 0.6) is 0 Å². The average molecular weight is 855 g/mol. The summed E-state index contributed by atoms with van der Waals surface area (Å²) in [6.45, 7) is 6.37. The molecule has 8 aromatic rings. The van der Waals surface area contributed by atoms with Crippen LogP contribution in [-0.4, -0.2) is 27.6 Å². The number of aryl methyl sites for hydroxylation is 2. The summed E-state index contributed by atoms with van der Waals surface area (Å²) in [5.41, 5.74) is 7.86. The molecule has 0 unspecified atom stereocenters. The molecule has 0 saturated carbocycles. The molecule has 5 nitrogen and oxygen atoms in total. The molecule has 0 spiro atoms. The van der Waals surface area contributed by atoms with Crippen molar-refractivity contribution in [2.24, 2.45) is 0 Å². The summed E-state index contributed by atoms with van der Waals surface area (Å²) < 4.78 is 54.4. The Kier molecular flexibility index (Phi) is 8.01. The molecule has 0 bridgehead atoms. The number of pyridine rings is 2. The third kappa shape index (κ3) is 6.86. The van der Waals surface area contributed by atoms with Gasteiger partial charge in [0, 0.05) is 57.2 Å². The first-order chi connectivity index (χ1) is 26.0. The fourth-order valence-electron chi connectivity index (χ4n) is 6.12. The van der Waals surface area contributed by atoms with Crippen LogP contribution in [0.15, 0.2) is 114 Å². The van der Waals surface area contributed by atoms with Gasteiger partial charge in [-0.2, -0.15) is 0 Å². The second kappa shape index (κ2) is 14.3. The molecule has 0 aliphatic carbocycles. The van der Waals surface area contributed by atoms with E-state index in [1.165, 1.54) is 0 Å². The molecule has 0 N–H and O–H groups in total. The van der Waals surface area contributed by atoms with E-state index in [9.17, 15) is 0 Å². The molecule has 0 amide bonds.